The van der Waals surface area contributed by atoms with Crippen molar-refractivity contribution in [1.82, 2.24) is 4.90 Å². The molecule has 0 fully saturated rings. The molecule has 1 aromatic carbocycles. The molecule has 1 unspecified atom stereocenters. The maximum Gasteiger partial charge on any atom is 0.0378 e. The van der Waals surface area contributed by atoms with Crippen LogP contribution in [0.1, 0.15) is 18.4 Å². The third-order valence-corrected chi connectivity index (χ3v) is 2.96. The van der Waals surface area contributed by atoms with Gasteiger partial charge in [-0.3, -0.25) is 0 Å². The topological polar surface area (TPSA) is 3.24 Å². The molecule has 0 saturated carbocycles. The van der Waals surface area contributed by atoms with Gasteiger partial charge < -0.3 is 4.90 Å². The molecule has 1 nitrogen and oxygen atoms in total. The number of nitrogens with zero attached hydrogens (tertiary/aromatic N) is 1. The Labute approximate surface area is 92.4 Å². The van der Waals surface area contributed by atoms with Crippen molar-refractivity contribution in [3.8, 4) is 0 Å². The molecule has 0 amide bonds. The van der Waals surface area contributed by atoms with Crippen molar-refractivity contribution in [2.45, 2.75) is 18.9 Å². The molecule has 0 saturated heterocycles. The summed E-state index contributed by atoms with van der Waals surface area (Å²) in [6, 6.07) is 11.2. The Bertz CT molecular complexity index is 326. The Kier molecular flexibility index (Phi) is 3.22. The summed E-state index contributed by atoms with van der Waals surface area (Å²) >= 11 is 0. The maximum absolute atomic E-state index is 2.31. The molecule has 1 aromatic rings. The lowest BCUT2D eigenvalue weighted by molar-refractivity contribution is 0.344. The van der Waals surface area contributed by atoms with E-state index in [0.29, 0.717) is 6.04 Å². The first-order valence-electron chi connectivity index (χ1n) is 5.53. The molecule has 0 aromatic heterocycles. The average molecular weight is 200 g/mol. The summed E-state index contributed by atoms with van der Waals surface area (Å²) in [5.41, 5.74) is 1.39. The standard InChI is InChI=1S/C14H18N/c1-15(2)14-11-7-6-10-13(14)12-8-4-3-5-9-12/h3-5,7-9,11,14H,6,10H2,1-2H3. The fourth-order valence-electron chi connectivity index (χ4n) is 2.18. The molecule has 1 aliphatic carbocycles. The van der Waals surface area contributed by atoms with E-state index in [0.717, 1.165) is 0 Å². The van der Waals surface area contributed by atoms with E-state index in [4.69, 9.17) is 0 Å². The normalized spacial score (nSPS) is 22.2. The van der Waals surface area contributed by atoms with Crippen LogP contribution in [-0.2, 0) is 0 Å². The van der Waals surface area contributed by atoms with Crippen LogP contribution in [0.15, 0.2) is 42.5 Å². The molecule has 0 N–H and O–H groups in total. The molecule has 2 rings (SSSR count). The van der Waals surface area contributed by atoms with Crippen LogP contribution in [0, 0.1) is 5.92 Å². The fourth-order valence-corrected chi connectivity index (χ4v) is 2.18. The zero-order valence-corrected chi connectivity index (χ0v) is 9.48. The highest BCUT2D eigenvalue weighted by Gasteiger charge is 2.25. The first kappa shape index (κ1) is 10.4. The second-order valence-corrected chi connectivity index (χ2v) is 4.27. The Hall–Kier alpha value is -1.08. The Morgan fingerprint density at radius 1 is 1.13 bits per heavy atom. The van der Waals surface area contributed by atoms with Crippen LogP contribution in [0.3, 0.4) is 0 Å². The van der Waals surface area contributed by atoms with Gasteiger partial charge in [-0.15, -0.1) is 0 Å². The smallest absolute Gasteiger partial charge is 0.0378 e. The molecule has 0 bridgehead atoms. The number of hydrogen-bond donors (Lipinski definition) is 0. The minimum atomic E-state index is 0.473. The van der Waals surface area contributed by atoms with Crippen LogP contribution in [0.2, 0.25) is 0 Å². The number of likely N-dealkylation sites (N-methyl/N-ethyl adjacent to an activating group) is 1. The number of allylic oxidation sites excluding steroid dienone is 1. The first-order chi connectivity index (χ1) is 7.29. The van der Waals surface area contributed by atoms with E-state index >= 15 is 0 Å². The van der Waals surface area contributed by atoms with Crippen molar-refractivity contribution in [3.63, 3.8) is 0 Å². The molecule has 0 heterocycles. The summed E-state index contributed by atoms with van der Waals surface area (Å²) in [7, 11) is 4.28. The van der Waals surface area contributed by atoms with E-state index in [2.05, 4.69) is 61.5 Å². The Morgan fingerprint density at radius 3 is 2.53 bits per heavy atom. The SMILES string of the molecule is CN(C)C1C=CCC[C]1c1ccccc1. The van der Waals surface area contributed by atoms with Gasteiger partial charge in [-0.1, -0.05) is 42.5 Å². The van der Waals surface area contributed by atoms with Crippen LogP contribution in [0.5, 0.6) is 0 Å². The fraction of sp³-hybridized carbons (Fsp3) is 0.357. The van der Waals surface area contributed by atoms with Gasteiger partial charge in [-0.2, -0.15) is 0 Å². The van der Waals surface area contributed by atoms with Gasteiger partial charge in [-0.05, 0) is 32.5 Å². The lowest BCUT2D eigenvalue weighted by atomic mass is 9.83. The van der Waals surface area contributed by atoms with Gasteiger partial charge in [0.05, 0.1) is 0 Å². The highest BCUT2D eigenvalue weighted by Crippen LogP contribution is 2.30. The van der Waals surface area contributed by atoms with Crippen LogP contribution in [-0.4, -0.2) is 25.0 Å². The van der Waals surface area contributed by atoms with Crippen molar-refractivity contribution in [2.24, 2.45) is 0 Å². The van der Waals surface area contributed by atoms with Gasteiger partial charge in [0.25, 0.3) is 0 Å². The second kappa shape index (κ2) is 4.63. The summed E-state index contributed by atoms with van der Waals surface area (Å²) in [5, 5.41) is 0. The Morgan fingerprint density at radius 2 is 1.87 bits per heavy atom. The molecular weight excluding hydrogens is 182 g/mol. The van der Waals surface area contributed by atoms with Gasteiger partial charge in [0.2, 0.25) is 0 Å². The third kappa shape index (κ3) is 2.29. The number of benzene rings is 1. The minimum absolute atomic E-state index is 0.473. The van der Waals surface area contributed by atoms with Gasteiger partial charge in [0.15, 0.2) is 0 Å². The van der Waals surface area contributed by atoms with Crippen molar-refractivity contribution in [2.75, 3.05) is 14.1 Å². The highest BCUT2D eigenvalue weighted by atomic mass is 15.1. The Balaban J connectivity index is 2.24. The lowest BCUT2D eigenvalue weighted by Gasteiger charge is -2.32. The second-order valence-electron chi connectivity index (χ2n) is 4.27. The highest BCUT2D eigenvalue weighted by molar-refractivity contribution is 5.37. The van der Waals surface area contributed by atoms with Crippen molar-refractivity contribution >= 4 is 0 Å². The van der Waals surface area contributed by atoms with E-state index in [9.17, 15) is 0 Å². The quantitative estimate of drug-likeness (QED) is 0.663. The number of rotatable bonds is 2. The van der Waals surface area contributed by atoms with Crippen LogP contribution in [0.25, 0.3) is 0 Å². The van der Waals surface area contributed by atoms with E-state index in [-0.39, 0.29) is 0 Å². The summed E-state index contributed by atoms with van der Waals surface area (Å²) in [6.07, 6.45) is 6.96. The molecule has 1 heteroatoms. The minimum Gasteiger partial charge on any atom is -0.302 e. The van der Waals surface area contributed by atoms with Crippen molar-refractivity contribution in [3.05, 3.63) is 54.0 Å². The molecule has 0 aliphatic heterocycles. The average Bonchev–Trinajstić information content (AvgIpc) is 2.30. The van der Waals surface area contributed by atoms with E-state index < -0.39 is 0 Å². The van der Waals surface area contributed by atoms with Crippen LogP contribution >= 0.6 is 0 Å². The van der Waals surface area contributed by atoms with E-state index in [1.807, 2.05) is 0 Å². The van der Waals surface area contributed by atoms with Crippen molar-refractivity contribution < 1.29 is 0 Å². The monoisotopic (exact) mass is 200 g/mol. The largest absolute Gasteiger partial charge is 0.302 e. The summed E-state index contributed by atoms with van der Waals surface area (Å²) in [5.74, 6) is 1.54. The molecule has 0 spiro atoms. The predicted octanol–water partition coefficient (Wildman–Crippen LogP) is 2.89. The molecular formula is C14H18N. The van der Waals surface area contributed by atoms with Gasteiger partial charge in [0, 0.05) is 12.0 Å². The van der Waals surface area contributed by atoms with Gasteiger partial charge in [0.1, 0.15) is 0 Å². The van der Waals surface area contributed by atoms with Gasteiger partial charge >= 0.3 is 0 Å². The van der Waals surface area contributed by atoms with E-state index in [1.165, 1.54) is 18.4 Å². The van der Waals surface area contributed by atoms with Crippen LogP contribution < -0.4 is 0 Å². The summed E-state index contributed by atoms with van der Waals surface area (Å²) < 4.78 is 0. The van der Waals surface area contributed by atoms with Crippen LogP contribution in [0.4, 0.5) is 0 Å². The summed E-state index contributed by atoms with van der Waals surface area (Å²) in [4.78, 5) is 2.28. The zero-order valence-electron chi connectivity index (χ0n) is 9.48. The third-order valence-electron chi connectivity index (χ3n) is 2.96. The maximum atomic E-state index is 2.31. The number of hydrogen-bond acceptors (Lipinski definition) is 1. The molecule has 1 radical (unpaired) electrons. The predicted molar refractivity (Wildman–Crippen MR) is 64.6 cm³/mol. The molecule has 1 atom stereocenters. The zero-order chi connectivity index (χ0) is 10.7. The molecule has 1 aliphatic rings. The molecule has 15 heavy (non-hydrogen) atoms. The first-order valence-corrected chi connectivity index (χ1v) is 5.53. The van der Waals surface area contributed by atoms with Crippen molar-refractivity contribution in [1.29, 1.82) is 0 Å². The lowest BCUT2D eigenvalue weighted by Crippen LogP contribution is -2.34. The molecule has 79 valence electrons. The van der Waals surface area contributed by atoms with Gasteiger partial charge in [-0.25, -0.2) is 0 Å². The summed E-state index contributed by atoms with van der Waals surface area (Å²) in [6.45, 7) is 0. The van der Waals surface area contributed by atoms with E-state index in [1.54, 1.807) is 5.92 Å².